The fraction of sp³-hybridized carbons (Fsp3) is 0.385. The zero-order chi connectivity index (χ0) is 13.7. The van der Waals surface area contributed by atoms with Gasteiger partial charge in [0.1, 0.15) is 6.10 Å². The maximum atomic E-state index is 11.8. The number of hydrogen-bond donors (Lipinski definition) is 2. The Labute approximate surface area is 106 Å². The van der Waals surface area contributed by atoms with E-state index in [0.717, 1.165) is 5.56 Å². The van der Waals surface area contributed by atoms with Crippen LogP contribution in [0.25, 0.3) is 0 Å². The summed E-state index contributed by atoms with van der Waals surface area (Å²) in [6.45, 7) is 3.64. The van der Waals surface area contributed by atoms with Crippen molar-refractivity contribution in [3.63, 3.8) is 0 Å². The lowest BCUT2D eigenvalue weighted by molar-refractivity contribution is -0.125. The number of carboxylic acid groups (broad SMARTS) is 1. The van der Waals surface area contributed by atoms with Crippen molar-refractivity contribution in [1.82, 2.24) is 0 Å². The summed E-state index contributed by atoms with van der Waals surface area (Å²) in [5, 5.41) is 11.6. The van der Waals surface area contributed by atoms with Gasteiger partial charge in [0.15, 0.2) is 0 Å². The first-order chi connectivity index (χ1) is 8.49. The largest absolute Gasteiger partial charge is 0.478 e. The molecule has 98 valence electrons. The molecule has 0 radical (unpaired) electrons. The molecule has 1 aromatic rings. The molecule has 0 saturated heterocycles. The highest BCUT2D eigenvalue weighted by molar-refractivity contribution is 5.96. The van der Waals surface area contributed by atoms with E-state index in [-0.39, 0.29) is 11.5 Å². The number of carbonyl (C=O) groups excluding carboxylic acids is 1. The van der Waals surface area contributed by atoms with Crippen LogP contribution in [0.1, 0.15) is 29.3 Å². The fourth-order valence-electron chi connectivity index (χ4n) is 1.56. The van der Waals surface area contributed by atoms with Gasteiger partial charge in [0.05, 0.1) is 5.56 Å². The number of aryl methyl sites for hydroxylation is 1. The normalized spacial score (nSPS) is 11.9. The van der Waals surface area contributed by atoms with Gasteiger partial charge in [-0.1, -0.05) is 13.0 Å². The first-order valence-electron chi connectivity index (χ1n) is 5.67. The summed E-state index contributed by atoms with van der Waals surface area (Å²) in [4.78, 5) is 22.7. The van der Waals surface area contributed by atoms with E-state index < -0.39 is 12.1 Å². The average molecular weight is 251 g/mol. The van der Waals surface area contributed by atoms with E-state index >= 15 is 0 Å². The van der Waals surface area contributed by atoms with Crippen LogP contribution in [0.3, 0.4) is 0 Å². The van der Waals surface area contributed by atoms with Crippen LogP contribution >= 0.6 is 0 Å². The molecule has 0 aliphatic carbocycles. The van der Waals surface area contributed by atoms with Gasteiger partial charge in [-0.15, -0.1) is 0 Å². The van der Waals surface area contributed by atoms with Gasteiger partial charge in [-0.2, -0.15) is 0 Å². The smallest absolute Gasteiger partial charge is 0.335 e. The van der Waals surface area contributed by atoms with Gasteiger partial charge in [0.25, 0.3) is 5.91 Å². The fourth-order valence-corrected chi connectivity index (χ4v) is 1.56. The minimum absolute atomic E-state index is 0.140. The van der Waals surface area contributed by atoms with Crippen molar-refractivity contribution < 1.29 is 19.4 Å². The summed E-state index contributed by atoms with van der Waals surface area (Å²) in [5.74, 6) is -1.30. The summed E-state index contributed by atoms with van der Waals surface area (Å²) in [5.41, 5.74) is 1.44. The van der Waals surface area contributed by atoms with Crippen LogP contribution in [0.5, 0.6) is 0 Å². The third-order valence-corrected chi connectivity index (χ3v) is 2.69. The molecule has 1 unspecified atom stereocenters. The number of carboxylic acids is 1. The van der Waals surface area contributed by atoms with Crippen molar-refractivity contribution in [3.8, 4) is 0 Å². The molecule has 1 atom stereocenters. The number of anilines is 1. The number of nitrogens with one attached hydrogen (secondary N) is 1. The predicted molar refractivity (Wildman–Crippen MR) is 67.9 cm³/mol. The number of rotatable bonds is 5. The number of ether oxygens (including phenoxy) is 1. The van der Waals surface area contributed by atoms with Gasteiger partial charge >= 0.3 is 5.97 Å². The SMILES string of the molecule is CCC(OC)C(=O)Nc1cc(C(=O)O)ccc1C. The summed E-state index contributed by atoms with van der Waals surface area (Å²) >= 11 is 0. The maximum absolute atomic E-state index is 11.8. The highest BCUT2D eigenvalue weighted by Gasteiger charge is 2.16. The van der Waals surface area contributed by atoms with Gasteiger partial charge < -0.3 is 15.2 Å². The van der Waals surface area contributed by atoms with Crippen molar-refractivity contribution in [2.24, 2.45) is 0 Å². The predicted octanol–water partition coefficient (Wildman–Crippen LogP) is 2.06. The molecule has 1 amide bonds. The second-order valence-corrected chi connectivity index (χ2v) is 3.96. The van der Waals surface area contributed by atoms with E-state index in [1.807, 2.05) is 6.92 Å². The quantitative estimate of drug-likeness (QED) is 0.839. The molecular formula is C13H17NO4. The van der Waals surface area contributed by atoms with Gasteiger partial charge in [-0.25, -0.2) is 4.79 Å². The molecule has 5 heteroatoms. The Morgan fingerprint density at radius 3 is 2.61 bits per heavy atom. The van der Waals surface area contributed by atoms with Crippen LogP contribution in [0.4, 0.5) is 5.69 Å². The number of amides is 1. The molecule has 0 aromatic heterocycles. The van der Waals surface area contributed by atoms with Crippen LogP contribution in [-0.2, 0) is 9.53 Å². The summed E-state index contributed by atoms with van der Waals surface area (Å²) in [7, 11) is 1.47. The number of hydrogen-bond acceptors (Lipinski definition) is 3. The van der Waals surface area contributed by atoms with Crippen LogP contribution in [0, 0.1) is 6.92 Å². The van der Waals surface area contributed by atoms with Crippen molar-refractivity contribution in [2.75, 3.05) is 12.4 Å². The molecule has 0 saturated carbocycles. The zero-order valence-corrected chi connectivity index (χ0v) is 10.7. The summed E-state index contributed by atoms with van der Waals surface area (Å²) < 4.78 is 5.02. The van der Waals surface area contributed by atoms with Gasteiger partial charge in [-0.3, -0.25) is 4.79 Å². The summed E-state index contributed by atoms with van der Waals surface area (Å²) in [6.07, 6.45) is 0.0258. The van der Waals surface area contributed by atoms with Crippen molar-refractivity contribution in [3.05, 3.63) is 29.3 Å². The first-order valence-corrected chi connectivity index (χ1v) is 5.67. The molecule has 18 heavy (non-hydrogen) atoms. The van der Waals surface area contributed by atoms with Gasteiger partial charge in [0.2, 0.25) is 0 Å². The summed E-state index contributed by atoms with van der Waals surface area (Å²) in [6, 6.07) is 4.60. The second-order valence-electron chi connectivity index (χ2n) is 3.96. The molecule has 0 fully saturated rings. The Bertz CT molecular complexity index is 452. The van der Waals surface area contributed by atoms with Crippen LogP contribution in [-0.4, -0.2) is 30.2 Å². The lowest BCUT2D eigenvalue weighted by Gasteiger charge is -2.14. The highest BCUT2D eigenvalue weighted by Crippen LogP contribution is 2.17. The Morgan fingerprint density at radius 2 is 2.11 bits per heavy atom. The third kappa shape index (κ3) is 3.30. The molecule has 1 aromatic carbocycles. The number of benzene rings is 1. The van der Waals surface area contributed by atoms with E-state index in [1.54, 1.807) is 13.0 Å². The Hall–Kier alpha value is -1.88. The average Bonchev–Trinajstić information content (AvgIpc) is 2.33. The van der Waals surface area contributed by atoms with Crippen molar-refractivity contribution in [2.45, 2.75) is 26.4 Å². The molecule has 0 bridgehead atoms. The standard InChI is InChI=1S/C13H17NO4/c1-4-11(18-3)12(15)14-10-7-9(13(16)17)6-5-8(10)2/h5-7,11H,4H2,1-3H3,(H,14,15)(H,16,17). The Morgan fingerprint density at radius 1 is 1.44 bits per heavy atom. The third-order valence-electron chi connectivity index (χ3n) is 2.69. The second kappa shape index (κ2) is 6.16. The molecule has 0 aliphatic rings. The lowest BCUT2D eigenvalue weighted by atomic mass is 10.1. The molecule has 0 heterocycles. The van der Waals surface area contributed by atoms with Crippen LogP contribution in [0.15, 0.2) is 18.2 Å². The minimum Gasteiger partial charge on any atom is -0.478 e. The van der Waals surface area contributed by atoms with Gasteiger partial charge in [0, 0.05) is 12.8 Å². The topological polar surface area (TPSA) is 75.6 Å². The zero-order valence-electron chi connectivity index (χ0n) is 10.7. The number of aromatic carboxylic acids is 1. The monoisotopic (exact) mass is 251 g/mol. The number of methoxy groups -OCH3 is 1. The van der Waals surface area contributed by atoms with E-state index in [4.69, 9.17) is 9.84 Å². The molecule has 5 nitrogen and oxygen atoms in total. The first kappa shape index (κ1) is 14.2. The minimum atomic E-state index is -1.02. The van der Waals surface area contributed by atoms with E-state index in [9.17, 15) is 9.59 Å². The maximum Gasteiger partial charge on any atom is 0.335 e. The van der Waals surface area contributed by atoms with Gasteiger partial charge in [-0.05, 0) is 31.0 Å². The molecule has 0 spiro atoms. The Balaban J connectivity index is 2.93. The van der Waals surface area contributed by atoms with E-state index in [0.29, 0.717) is 12.1 Å². The lowest BCUT2D eigenvalue weighted by Crippen LogP contribution is -2.29. The Kier molecular flexibility index (Phi) is 4.85. The highest BCUT2D eigenvalue weighted by atomic mass is 16.5. The molecule has 2 N–H and O–H groups in total. The van der Waals surface area contributed by atoms with Crippen molar-refractivity contribution in [1.29, 1.82) is 0 Å². The van der Waals surface area contributed by atoms with Crippen LogP contribution < -0.4 is 5.32 Å². The molecule has 0 aliphatic heterocycles. The van der Waals surface area contributed by atoms with Crippen molar-refractivity contribution >= 4 is 17.6 Å². The molecular weight excluding hydrogens is 234 g/mol. The number of carbonyl (C=O) groups is 2. The molecule has 1 rings (SSSR count). The van der Waals surface area contributed by atoms with E-state index in [2.05, 4.69) is 5.32 Å². The van der Waals surface area contributed by atoms with Crippen LogP contribution in [0.2, 0.25) is 0 Å². The van der Waals surface area contributed by atoms with E-state index in [1.165, 1.54) is 19.2 Å².